The third-order valence-electron chi connectivity index (χ3n) is 3.07. The van der Waals surface area contributed by atoms with E-state index in [4.69, 9.17) is 34.7 Å². The highest BCUT2D eigenvalue weighted by Crippen LogP contribution is 2.40. The van der Waals surface area contributed by atoms with Crippen LogP contribution in [-0.4, -0.2) is 9.97 Å². The quantitative estimate of drug-likeness (QED) is 0.778. The van der Waals surface area contributed by atoms with Gasteiger partial charge >= 0.3 is 0 Å². The number of hydrogen-bond donors (Lipinski definition) is 2. The molecular formula is C12H10Cl2N4. The zero-order valence-electron chi connectivity index (χ0n) is 9.37. The predicted molar refractivity (Wildman–Crippen MR) is 73.7 cm³/mol. The van der Waals surface area contributed by atoms with E-state index < -0.39 is 0 Å². The number of benzene rings is 1. The van der Waals surface area contributed by atoms with Gasteiger partial charge in [0.25, 0.3) is 0 Å². The Morgan fingerprint density at radius 2 is 1.83 bits per heavy atom. The van der Waals surface area contributed by atoms with Gasteiger partial charge in [0.15, 0.2) is 0 Å². The van der Waals surface area contributed by atoms with Crippen molar-refractivity contribution in [1.29, 1.82) is 0 Å². The first-order valence-electron chi connectivity index (χ1n) is 5.46. The Morgan fingerprint density at radius 1 is 1.06 bits per heavy atom. The zero-order valence-corrected chi connectivity index (χ0v) is 10.9. The van der Waals surface area contributed by atoms with Gasteiger partial charge in [0, 0.05) is 15.6 Å². The van der Waals surface area contributed by atoms with E-state index in [9.17, 15) is 0 Å². The molecule has 0 saturated carbocycles. The Kier molecular flexibility index (Phi) is 2.57. The Balaban J connectivity index is 2.35. The summed E-state index contributed by atoms with van der Waals surface area (Å²) in [7, 11) is 0. The molecule has 0 radical (unpaired) electrons. The first-order chi connectivity index (χ1) is 8.56. The predicted octanol–water partition coefficient (Wildman–Crippen LogP) is 2.71. The Hall–Kier alpha value is -1.52. The molecule has 0 amide bonds. The summed E-state index contributed by atoms with van der Waals surface area (Å²) in [6, 6.07) is 3.58. The van der Waals surface area contributed by atoms with Crippen LogP contribution in [0.2, 0.25) is 10.0 Å². The highest BCUT2D eigenvalue weighted by atomic mass is 35.5. The van der Waals surface area contributed by atoms with Crippen LogP contribution in [0.5, 0.6) is 0 Å². The molecule has 0 saturated heterocycles. The molecule has 4 N–H and O–H groups in total. The minimum absolute atomic E-state index is 0.197. The molecule has 0 spiro atoms. The Labute approximate surface area is 114 Å². The van der Waals surface area contributed by atoms with Gasteiger partial charge in [0.1, 0.15) is 5.82 Å². The van der Waals surface area contributed by atoms with E-state index >= 15 is 0 Å². The highest BCUT2D eigenvalue weighted by molar-refractivity contribution is 6.35. The van der Waals surface area contributed by atoms with Crippen LogP contribution in [0, 0.1) is 0 Å². The molecule has 2 aromatic rings. The highest BCUT2D eigenvalue weighted by Gasteiger charge is 2.23. The second-order valence-electron chi connectivity index (χ2n) is 4.20. The van der Waals surface area contributed by atoms with E-state index in [1.165, 1.54) is 0 Å². The minimum atomic E-state index is 0.197. The number of aromatic nitrogens is 2. The van der Waals surface area contributed by atoms with Gasteiger partial charge in [0.05, 0.1) is 5.69 Å². The second-order valence-corrected chi connectivity index (χ2v) is 5.05. The number of nitrogens with two attached hydrogens (primary N) is 2. The first-order valence-corrected chi connectivity index (χ1v) is 6.22. The van der Waals surface area contributed by atoms with Crippen molar-refractivity contribution in [2.24, 2.45) is 0 Å². The van der Waals surface area contributed by atoms with E-state index in [0.717, 1.165) is 35.2 Å². The third-order valence-corrected chi connectivity index (χ3v) is 3.63. The molecule has 92 valence electrons. The summed E-state index contributed by atoms with van der Waals surface area (Å²) in [6.07, 6.45) is 1.55. The van der Waals surface area contributed by atoms with Crippen LogP contribution >= 0.6 is 23.2 Å². The van der Waals surface area contributed by atoms with Crippen molar-refractivity contribution in [1.82, 2.24) is 9.97 Å². The van der Waals surface area contributed by atoms with Crippen LogP contribution in [0.15, 0.2) is 12.1 Å². The Bertz CT molecular complexity index is 655. The third kappa shape index (κ3) is 1.69. The van der Waals surface area contributed by atoms with Gasteiger partial charge in [-0.15, -0.1) is 0 Å². The summed E-state index contributed by atoms with van der Waals surface area (Å²) < 4.78 is 0. The number of fused-ring (bicyclic) bond motifs is 3. The van der Waals surface area contributed by atoms with Gasteiger partial charge in [-0.05, 0) is 36.1 Å². The fourth-order valence-electron chi connectivity index (χ4n) is 2.34. The molecule has 4 nitrogen and oxygen atoms in total. The van der Waals surface area contributed by atoms with E-state index in [-0.39, 0.29) is 5.95 Å². The topological polar surface area (TPSA) is 77.8 Å². The second kappa shape index (κ2) is 4.00. The van der Waals surface area contributed by atoms with Gasteiger partial charge in [0.2, 0.25) is 5.95 Å². The van der Waals surface area contributed by atoms with Crippen LogP contribution in [0.4, 0.5) is 11.8 Å². The number of hydrogen-bond acceptors (Lipinski definition) is 4. The van der Waals surface area contributed by atoms with Crippen LogP contribution in [-0.2, 0) is 12.8 Å². The lowest BCUT2D eigenvalue weighted by molar-refractivity contribution is 0.890. The molecule has 6 heteroatoms. The van der Waals surface area contributed by atoms with E-state index in [1.807, 2.05) is 6.07 Å². The molecule has 1 aliphatic rings. The molecule has 0 unspecified atom stereocenters. The number of nitrogen functional groups attached to an aromatic ring is 2. The monoisotopic (exact) mass is 280 g/mol. The average Bonchev–Trinajstić information content (AvgIpc) is 2.26. The van der Waals surface area contributed by atoms with Crippen molar-refractivity contribution in [3.05, 3.63) is 33.4 Å². The molecule has 3 rings (SSSR count). The van der Waals surface area contributed by atoms with E-state index in [1.54, 1.807) is 6.07 Å². The van der Waals surface area contributed by atoms with Crippen molar-refractivity contribution in [2.45, 2.75) is 12.8 Å². The van der Waals surface area contributed by atoms with Crippen LogP contribution < -0.4 is 11.5 Å². The minimum Gasteiger partial charge on any atom is -0.383 e. The van der Waals surface area contributed by atoms with Crippen molar-refractivity contribution < 1.29 is 0 Å². The standard InChI is InChI=1S/C12H10Cl2N4/c13-5-3-7-6(8(14)4-5)1-2-9-10(7)11(15)18-12(16)17-9/h3-4H,1-2H2,(H4,15,16,17,18). The number of rotatable bonds is 0. The van der Waals surface area contributed by atoms with Gasteiger partial charge in [-0.3, -0.25) is 0 Å². The summed E-state index contributed by atoms with van der Waals surface area (Å²) in [5, 5.41) is 1.22. The number of nitrogens with zero attached hydrogens (tertiary/aromatic N) is 2. The molecule has 1 aromatic carbocycles. The SMILES string of the molecule is Nc1nc(N)c2c(n1)CCc1c(Cl)cc(Cl)cc1-2. The van der Waals surface area contributed by atoms with E-state index in [0.29, 0.717) is 15.9 Å². The summed E-state index contributed by atoms with van der Waals surface area (Å²) in [6.45, 7) is 0. The number of aryl methyl sites for hydroxylation is 1. The summed E-state index contributed by atoms with van der Waals surface area (Å²) in [4.78, 5) is 8.24. The van der Waals surface area contributed by atoms with Gasteiger partial charge in [-0.2, -0.15) is 4.98 Å². The fraction of sp³-hybridized carbons (Fsp3) is 0.167. The lowest BCUT2D eigenvalue weighted by atomic mass is 9.88. The number of anilines is 2. The van der Waals surface area contributed by atoms with Crippen molar-refractivity contribution in [2.75, 3.05) is 11.5 Å². The first kappa shape index (κ1) is 11.6. The van der Waals surface area contributed by atoms with Crippen molar-refractivity contribution >= 4 is 35.0 Å². The van der Waals surface area contributed by atoms with Gasteiger partial charge in [-0.1, -0.05) is 23.2 Å². The molecule has 1 aromatic heterocycles. The van der Waals surface area contributed by atoms with Crippen LogP contribution in [0.1, 0.15) is 11.3 Å². The van der Waals surface area contributed by atoms with Crippen LogP contribution in [0.25, 0.3) is 11.1 Å². The maximum atomic E-state index is 6.21. The maximum Gasteiger partial charge on any atom is 0.222 e. The normalized spacial score (nSPS) is 13.0. The fourth-order valence-corrected chi connectivity index (χ4v) is 2.93. The summed E-state index contributed by atoms with van der Waals surface area (Å²) in [5.41, 5.74) is 15.1. The molecule has 18 heavy (non-hydrogen) atoms. The average molecular weight is 281 g/mol. The van der Waals surface area contributed by atoms with Crippen LogP contribution in [0.3, 0.4) is 0 Å². The van der Waals surface area contributed by atoms with Crippen molar-refractivity contribution in [3.63, 3.8) is 0 Å². The molecule has 1 aliphatic carbocycles. The molecule has 0 atom stereocenters. The van der Waals surface area contributed by atoms with E-state index in [2.05, 4.69) is 9.97 Å². The molecule has 0 bridgehead atoms. The summed E-state index contributed by atoms with van der Waals surface area (Å²) >= 11 is 12.2. The largest absolute Gasteiger partial charge is 0.383 e. The maximum absolute atomic E-state index is 6.21. The van der Waals surface area contributed by atoms with Gasteiger partial charge < -0.3 is 11.5 Å². The molecule has 1 heterocycles. The Morgan fingerprint density at radius 3 is 2.61 bits per heavy atom. The summed E-state index contributed by atoms with van der Waals surface area (Å²) in [5.74, 6) is 0.569. The zero-order chi connectivity index (χ0) is 12.9. The molecule has 0 fully saturated rings. The lowest BCUT2D eigenvalue weighted by Gasteiger charge is -2.21. The smallest absolute Gasteiger partial charge is 0.222 e. The molecule has 0 aliphatic heterocycles. The number of halogens is 2. The van der Waals surface area contributed by atoms with Gasteiger partial charge in [-0.25, -0.2) is 4.98 Å². The lowest BCUT2D eigenvalue weighted by Crippen LogP contribution is -2.12. The molecular weight excluding hydrogens is 271 g/mol. The van der Waals surface area contributed by atoms with Crippen molar-refractivity contribution in [3.8, 4) is 11.1 Å².